The smallest absolute Gasteiger partial charge is 0.379 e. The van der Waals surface area contributed by atoms with Crippen LogP contribution in [0, 0.1) is 0 Å². The van der Waals surface area contributed by atoms with Gasteiger partial charge in [-0.2, -0.15) is 0 Å². The Bertz CT molecular complexity index is 803. The number of benzene rings is 1. The van der Waals surface area contributed by atoms with Crippen molar-refractivity contribution in [3.8, 4) is 0 Å². The van der Waals surface area contributed by atoms with Gasteiger partial charge < -0.3 is 14.5 Å². The summed E-state index contributed by atoms with van der Waals surface area (Å²) < 4.78 is 9.82. The zero-order valence-corrected chi connectivity index (χ0v) is 16.0. The lowest BCUT2D eigenvalue weighted by molar-refractivity contribution is -0.140. The van der Waals surface area contributed by atoms with E-state index in [-0.39, 0.29) is 18.6 Å². The van der Waals surface area contributed by atoms with Gasteiger partial charge in [-0.05, 0) is 12.1 Å². The van der Waals surface area contributed by atoms with Crippen molar-refractivity contribution in [2.75, 3.05) is 13.7 Å². The molecule has 2 rings (SSSR count). The van der Waals surface area contributed by atoms with Gasteiger partial charge in [-0.1, -0.05) is 37.8 Å². The average Bonchev–Trinajstić information content (AvgIpc) is 2.90. The highest BCUT2D eigenvalue weighted by atomic mass is 28.3. The Kier molecular flexibility index (Phi) is 5.79. The Labute approximate surface area is 147 Å². The number of ketones is 1. The molecule has 134 valence electrons. The van der Waals surface area contributed by atoms with E-state index in [0.717, 1.165) is 6.04 Å². The highest BCUT2D eigenvalue weighted by Gasteiger charge is 2.27. The fourth-order valence-corrected chi connectivity index (χ4v) is 3.14. The molecule has 0 saturated heterocycles. The highest BCUT2D eigenvalue weighted by molar-refractivity contribution is 6.76. The van der Waals surface area contributed by atoms with Crippen LogP contribution in [0.2, 0.25) is 25.7 Å². The molecule has 0 amide bonds. The molecule has 0 saturated carbocycles. The third-order valence-electron chi connectivity index (χ3n) is 3.83. The number of H-pyrrole nitrogens is 1. The van der Waals surface area contributed by atoms with Crippen LogP contribution in [0.1, 0.15) is 16.1 Å². The molecule has 1 aromatic carbocycles. The summed E-state index contributed by atoms with van der Waals surface area (Å²) in [5.74, 6) is -2.13. The first-order valence-corrected chi connectivity index (χ1v) is 11.8. The van der Waals surface area contributed by atoms with Crippen LogP contribution in [0.15, 0.2) is 24.3 Å². The number of aromatic amines is 1. The Balaban J connectivity index is 2.27. The number of Topliss-reactive ketones (excluding diaryl/α,β-unsaturated/α-hetero) is 1. The van der Waals surface area contributed by atoms with Gasteiger partial charge in [0.15, 0.2) is 0 Å². The van der Waals surface area contributed by atoms with Crippen molar-refractivity contribution in [2.24, 2.45) is 0 Å². The fraction of sp³-hybridized carbons (Fsp3) is 0.389. The maximum Gasteiger partial charge on any atom is 0.379 e. The van der Waals surface area contributed by atoms with Crippen molar-refractivity contribution in [2.45, 2.75) is 32.1 Å². The lowest BCUT2D eigenvalue weighted by Crippen LogP contribution is -2.25. The Morgan fingerprint density at radius 2 is 1.80 bits per heavy atom. The molecular weight excluding hydrogens is 338 g/mol. The minimum atomic E-state index is -1.36. The first-order chi connectivity index (χ1) is 11.7. The molecule has 0 atom stereocenters. The molecule has 7 heteroatoms. The zero-order chi connectivity index (χ0) is 18.6. The highest BCUT2D eigenvalue weighted by Crippen LogP contribution is 2.24. The minimum absolute atomic E-state index is 0.117. The molecule has 1 heterocycles. The van der Waals surface area contributed by atoms with Gasteiger partial charge in [0.25, 0.3) is 5.78 Å². The predicted octanol–water partition coefficient (Wildman–Crippen LogP) is 2.95. The molecular formula is C18H23NO5Si. The van der Waals surface area contributed by atoms with Gasteiger partial charge in [0.2, 0.25) is 0 Å². The van der Waals surface area contributed by atoms with Crippen LogP contribution in [0.25, 0.3) is 10.9 Å². The Morgan fingerprint density at radius 1 is 1.12 bits per heavy atom. The van der Waals surface area contributed by atoms with Crippen molar-refractivity contribution in [1.29, 1.82) is 0 Å². The van der Waals surface area contributed by atoms with E-state index in [1.807, 2.05) is 0 Å². The van der Waals surface area contributed by atoms with E-state index >= 15 is 0 Å². The third-order valence-corrected chi connectivity index (χ3v) is 5.53. The lowest BCUT2D eigenvalue weighted by atomic mass is 10.0. The van der Waals surface area contributed by atoms with Crippen molar-refractivity contribution in [3.05, 3.63) is 35.5 Å². The number of carbonyl (C=O) groups is 3. The van der Waals surface area contributed by atoms with Gasteiger partial charge in [-0.25, -0.2) is 4.79 Å². The summed E-state index contributed by atoms with van der Waals surface area (Å²) in [5, 5.41) is 0.591. The van der Waals surface area contributed by atoms with Crippen LogP contribution in [-0.2, 0) is 25.5 Å². The topological polar surface area (TPSA) is 85.5 Å². The van der Waals surface area contributed by atoms with Gasteiger partial charge in [-0.3, -0.25) is 9.59 Å². The SMILES string of the molecule is COC(=O)Cc1[nH]c2ccccc2c1C(=O)C(=O)OCC[Si](C)(C)C. The van der Waals surface area contributed by atoms with E-state index < -0.39 is 25.8 Å². The summed E-state index contributed by atoms with van der Waals surface area (Å²) in [5.41, 5.74) is 1.22. The number of hydrogen-bond acceptors (Lipinski definition) is 5. The number of methoxy groups -OCH3 is 1. The van der Waals surface area contributed by atoms with Gasteiger partial charge in [0.1, 0.15) is 0 Å². The number of fused-ring (bicyclic) bond motifs is 1. The van der Waals surface area contributed by atoms with Crippen LogP contribution < -0.4 is 0 Å². The number of para-hydroxylation sites is 1. The molecule has 0 spiro atoms. The number of ether oxygens (including phenoxy) is 2. The second-order valence-electron chi connectivity index (χ2n) is 7.05. The molecule has 0 aliphatic carbocycles. The standard InChI is InChI=1S/C18H23NO5Si/c1-23-15(20)11-14-16(12-7-5-6-8-13(12)19-14)17(21)18(22)24-9-10-25(2,3)4/h5-8,19H,9-11H2,1-4H3. The first kappa shape index (κ1) is 18.9. The number of nitrogens with one attached hydrogen (secondary N) is 1. The third kappa shape index (κ3) is 4.79. The van der Waals surface area contributed by atoms with E-state index in [9.17, 15) is 14.4 Å². The molecule has 2 aromatic rings. The summed E-state index contributed by atoms with van der Waals surface area (Å²) >= 11 is 0. The monoisotopic (exact) mass is 361 g/mol. The Hall–Kier alpha value is -2.41. The quantitative estimate of drug-likeness (QED) is 0.355. The minimum Gasteiger partial charge on any atom is -0.469 e. The van der Waals surface area contributed by atoms with E-state index in [1.54, 1.807) is 24.3 Å². The summed E-state index contributed by atoms with van der Waals surface area (Å²) in [6.07, 6.45) is -0.117. The normalized spacial score (nSPS) is 11.4. The van der Waals surface area contributed by atoms with Gasteiger partial charge in [0.05, 0.1) is 25.7 Å². The van der Waals surface area contributed by atoms with Gasteiger partial charge in [-0.15, -0.1) is 0 Å². The molecule has 1 N–H and O–H groups in total. The molecule has 0 bridgehead atoms. The summed E-state index contributed by atoms with van der Waals surface area (Å²) in [6.45, 7) is 6.72. The molecule has 0 aliphatic heterocycles. The number of esters is 2. The number of carbonyl (C=O) groups excluding carboxylic acids is 3. The number of aromatic nitrogens is 1. The lowest BCUT2D eigenvalue weighted by Gasteiger charge is -2.15. The van der Waals surface area contributed by atoms with E-state index in [4.69, 9.17) is 4.74 Å². The number of hydrogen-bond donors (Lipinski definition) is 1. The molecule has 25 heavy (non-hydrogen) atoms. The maximum atomic E-state index is 12.6. The second-order valence-corrected chi connectivity index (χ2v) is 12.7. The first-order valence-electron chi connectivity index (χ1n) is 8.11. The van der Waals surface area contributed by atoms with Crippen molar-refractivity contribution < 1.29 is 23.9 Å². The predicted molar refractivity (Wildman–Crippen MR) is 97.5 cm³/mol. The van der Waals surface area contributed by atoms with Gasteiger partial charge in [0, 0.05) is 24.7 Å². The summed E-state index contributed by atoms with van der Waals surface area (Å²) in [7, 11) is -0.0873. The fourth-order valence-electron chi connectivity index (χ4n) is 2.42. The maximum absolute atomic E-state index is 12.6. The molecule has 1 aromatic heterocycles. The van der Waals surface area contributed by atoms with Crippen LogP contribution >= 0.6 is 0 Å². The summed E-state index contributed by atoms with van der Waals surface area (Å²) in [6, 6.07) is 7.88. The number of rotatable bonds is 7. The van der Waals surface area contributed by atoms with Crippen LogP contribution in [0.4, 0.5) is 0 Å². The molecule has 0 fully saturated rings. The van der Waals surface area contributed by atoms with E-state index in [2.05, 4.69) is 29.4 Å². The second kappa shape index (κ2) is 7.65. The summed E-state index contributed by atoms with van der Waals surface area (Å²) in [4.78, 5) is 39.5. The zero-order valence-electron chi connectivity index (χ0n) is 15.0. The van der Waals surface area contributed by atoms with Crippen LogP contribution in [-0.4, -0.2) is 44.5 Å². The van der Waals surface area contributed by atoms with Crippen LogP contribution in [0.5, 0.6) is 0 Å². The largest absolute Gasteiger partial charge is 0.469 e. The van der Waals surface area contributed by atoms with E-state index in [0.29, 0.717) is 16.6 Å². The van der Waals surface area contributed by atoms with Crippen molar-refractivity contribution in [3.63, 3.8) is 0 Å². The average molecular weight is 361 g/mol. The van der Waals surface area contributed by atoms with Crippen molar-refractivity contribution >= 4 is 36.7 Å². The van der Waals surface area contributed by atoms with Crippen molar-refractivity contribution in [1.82, 2.24) is 4.98 Å². The van der Waals surface area contributed by atoms with Gasteiger partial charge >= 0.3 is 11.9 Å². The molecule has 6 nitrogen and oxygen atoms in total. The Morgan fingerprint density at radius 3 is 2.44 bits per heavy atom. The molecule has 0 aliphatic rings. The molecule has 0 unspecified atom stereocenters. The molecule has 0 radical (unpaired) electrons. The van der Waals surface area contributed by atoms with E-state index in [1.165, 1.54) is 7.11 Å². The van der Waals surface area contributed by atoms with Crippen LogP contribution in [0.3, 0.4) is 0 Å².